The normalized spacial score (nSPS) is 10.7. The molecule has 1 heterocycles. The zero-order valence-corrected chi connectivity index (χ0v) is 15.9. The van der Waals surface area contributed by atoms with E-state index in [-0.39, 0.29) is 0 Å². The summed E-state index contributed by atoms with van der Waals surface area (Å²) in [5, 5.41) is 8.35. The van der Waals surface area contributed by atoms with E-state index in [1.807, 2.05) is 12.1 Å². The molecular formula is C13H15BrN2O2S3. The number of aromatic nitrogens is 2. The van der Waals surface area contributed by atoms with Gasteiger partial charge in [-0.3, -0.25) is 0 Å². The summed E-state index contributed by atoms with van der Waals surface area (Å²) in [7, 11) is 3.27. The third kappa shape index (κ3) is 4.51. The summed E-state index contributed by atoms with van der Waals surface area (Å²) in [6.07, 6.45) is 0. The van der Waals surface area contributed by atoms with Crippen molar-refractivity contribution in [1.82, 2.24) is 10.2 Å². The predicted octanol–water partition coefficient (Wildman–Crippen LogP) is 4.72. The van der Waals surface area contributed by atoms with Gasteiger partial charge in [0.15, 0.2) is 20.2 Å². The van der Waals surface area contributed by atoms with Gasteiger partial charge in [0.1, 0.15) is 0 Å². The first-order valence-electron chi connectivity index (χ1n) is 6.17. The van der Waals surface area contributed by atoms with E-state index in [0.717, 1.165) is 41.7 Å². The Labute approximate surface area is 145 Å². The van der Waals surface area contributed by atoms with Gasteiger partial charge in [0, 0.05) is 10.2 Å². The van der Waals surface area contributed by atoms with E-state index < -0.39 is 0 Å². The van der Waals surface area contributed by atoms with Crippen molar-refractivity contribution in [3.05, 3.63) is 22.2 Å². The average molecular weight is 407 g/mol. The van der Waals surface area contributed by atoms with Crippen LogP contribution in [0.15, 0.2) is 25.3 Å². The highest BCUT2D eigenvalue weighted by Gasteiger charge is 2.11. The lowest BCUT2D eigenvalue weighted by molar-refractivity contribution is 0.354. The van der Waals surface area contributed by atoms with Crippen LogP contribution in [0.3, 0.4) is 0 Å². The van der Waals surface area contributed by atoms with Crippen LogP contribution in [0.4, 0.5) is 0 Å². The molecule has 8 heteroatoms. The second kappa shape index (κ2) is 8.26. The van der Waals surface area contributed by atoms with Gasteiger partial charge in [-0.15, -0.1) is 10.2 Å². The van der Waals surface area contributed by atoms with Gasteiger partial charge in [-0.25, -0.2) is 0 Å². The fourth-order valence-corrected chi connectivity index (χ4v) is 5.14. The number of benzene rings is 1. The van der Waals surface area contributed by atoms with Crippen LogP contribution in [0.2, 0.25) is 0 Å². The summed E-state index contributed by atoms with van der Waals surface area (Å²) >= 11 is 8.59. The summed E-state index contributed by atoms with van der Waals surface area (Å²) in [6.45, 7) is 2.11. The summed E-state index contributed by atoms with van der Waals surface area (Å²) in [6, 6.07) is 3.91. The molecule has 21 heavy (non-hydrogen) atoms. The van der Waals surface area contributed by atoms with Gasteiger partial charge < -0.3 is 9.47 Å². The minimum absolute atomic E-state index is 0.718. The van der Waals surface area contributed by atoms with E-state index >= 15 is 0 Å². The van der Waals surface area contributed by atoms with Gasteiger partial charge in [0.2, 0.25) is 0 Å². The Morgan fingerprint density at radius 1 is 1.10 bits per heavy atom. The molecular weight excluding hydrogens is 392 g/mol. The number of methoxy groups -OCH3 is 2. The van der Waals surface area contributed by atoms with Crippen molar-refractivity contribution in [2.24, 2.45) is 0 Å². The van der Waals surface area contributed by atoms with E-state index in [9.17, 15) is 0 Å². The van der Waals surface area contributed by atoms with Crippen molar-refractivity contribution < 1.29 is 9.47 Å². The van der Waals surface area contributed by atoms with Crippen LogP contribution < -0.4 is 9.47 Å². The van der Waals surface area contributed by atoms with Crippen molar-refractivity contribution in [2.45, 2.75) is 21.4 Å². The number of halogens is 1. The van der Waals surface area contributed by atoms with Gasteiger partial charge in [-0.2, -0.15) is 0 Å². The van der Waals surface area contributed by atoms with Crippen LogP contribution in [-0.2, 0) is 5.75 Å². The molecule has 4 nitrogen and oxygen atoms in total. The zero-order chi connectivity index (χ0) is 15.2. The largest absolute Gasteiger partial charge is 0.493 e. The number of hydrogen-bond donors (Lipinski definition) is 0. The van der Waals surface area contributed by atoms with E-state index in [0.29, 0.717) is 0 Å². The smallest absolute Gasteiger partial charge is 0.175 e. The molecule has 0 bridgehead atoms. The number of thioether (sulfide) groups is 2. The molecule has 0 radical (unpaired) electrons. The quantitative estimate of drug-likeness (QED) is 0.619. The topological polar surface area (TPSA) is 44.2 Å². The molecule has 0 aliphatic heterocycles. The SMILES string of the molecule is CCSc1nnc(SCc2cc(OC)c(OC)cc2Br)s1. The summed E-state index contributed by atoms with van der Waals surface area (Å²) in [5.74, 6) is 3.26. The van der Waals surface area contributed by atoms with Crippen LogP contribution in [0.25, 0.3) is 0 Å². The predicted molar refractivity (Wildman–Crippen MR) is 93.1 cm³/mol. The highest BCUT2D eigenvalue weighted by Crippen LogP contribution is 2.37. The third-order valence-corrected chi connectivity index (χ3v) is 6.42. The van der Waals surface area contributed by atoms with Crippen LogP contribution in [-0.4, -0.2) is 30.2 Å². The van der Waals surface area contributed by atoms with Crippen LogP contribution in [0.5, 0.6) is 11.5 Å². The lowest BCUT2D eigenvalue weighted by Gasteiger charge is -2.11. The van der Waals surface area contributed by atoms with E-state index in [2.05, 4.69) is 33.1 Å². The van der Waals surface area contributed by atoms with Gasteiger partial charge in [-0.05, 0) is 23.4 Å². The fourth-order valence-electron chi connectivity index (χ4n) is 1.58. The van der Waals surface area contributed by atoms with E-state index in [1.54, 1.807) is 49.1 Å². The molecule has 0 fully saturated rings. The number of ether oxygens (including phenoxy) is 2. The molecule has 1 aromatic carbocycles. The molecule has 0 unspecified atom stereocenters. The lowest BCUT2D eigenvalue weighted by Crippen LogP contribution is -1.93. The van der Waals surface area contributed by atoms with Crippen LogP contribution in [0.1, 0.15) is 12.5 Å². The molecule has 2 rings (SSSR count). The number of nitrogens with zero attached hydrogens (tertiary/aromatic N) is 2. The summed E-state index contributed by atoms with van der Waals surface area (Å²) in [5.41, 5.74) is 1.14. The Kier molecular flexibility index (Phi) is 6.66. The highest BCUT2D eigenvalue weighted by molar-refractivity contribution is 9.10. The molecule has 2 aromatic rings. The second-order valence-corrected chi connectivity index (χ2v) is 8.42. The van der Waals surface area contributed by atoms with Crippen molar-refractivity contribution in [3.63, 3.8) is 0 Å². The van der Waals surface area contributed by atoms with Crippen LogP contribution in [0, 0.1) is 0 Å². The monoisotopic (exact) mass is 406 g/mol. The van der Waals surface area contributed by atoms with E-state index in [1.165, 1.54) is 0 Å². The van der Waals surface area contributed by atoms with Gasteiger partial charge in [0.05, 0.1) is 14.2 Å². The Bertz CT molecular complexity index is 607. The fraction of sp³-hybridized carbons (Fsp3) is 0.385. The Morgan fingerprint density at radius 2 is 1.71 bits per heavy atom. The van der Waals surface area contributed by atoms with E-state index in [4.69, 9.17) is 9.47 Å². The minimum Gasteiger partial charge on any atom is -0.493 e. The van der Waals surface area contributed by atoms with Crippen molar-refractivity contribution in [3.8, 4) is 11.5 Å². The Hall–Kier alpha value is -0.440. The number of rotatable bonds is 7. The maximum absolute atomic E-state index is 5.34. The average Bonchev–Trinajstić information content (AvgIpc) is 2.93. The molecule has 0 aliphatic carbocycles. The first kappa shape index (κ1) is 16.9. The van der Waals surface area contributed by atoms with Crippen molar-refractivity contribution in [1.29, 1.82) is 0 Å². The molecule has 0 amide bonds. The lowest BCUT2D eigenvalue weighted by atomic mass is 10.2. The van der Waals surface area contributed by atoms with Gasteiger partial charge in [0.25, 0.3) is 0 Å². The molecule has 0 spiro atoms. The number of hydrogen-bond acceptors (Lipinski definition) is 7. The maximum atomic E-state index is 5.34. The third-order valence-electron chi connectivity index (χ3n) is 2.56. The standard InChI is InChI=1S/C13H15BrN2O2S3/c1-4-19-12-15-16-13(21-12)20-7-8-5-10(17-2)11(18-3)6-9(8)14/h5-6H,4,7H2,1-3H3. The maximum Gasteiger partial charge on any atom is 0.175 e. The highest BCUT2D eigenvalue weighted by atomic mass is 79.9. The van der Waals surface area contributed by atoms with Crippen molar-refractivity contribution in [2.75, 3.05) is 20.0 Å². The molecule has 0 saturated heterocycles. The van der Waals surface area contributed by atoms with Crippen molar-refractivity contribution >= 4 is 50.8 Å². The Morgan fingerprint density at radius 3 is 2.33 bits per heavy atom. The Balaban J connectivity index is 2.08. The van der Waals surface area contributed by atoms with Crippen LogP contribution >= 0.6 is 50.8 Å². The molecule has 0 atom stereocenters. The molecule has 1 aromatic heterocycles. The minimum atomic E-state index is 0.718. The summed E-state index contributed by atoms with van der Waals surface area (Å²) in [4.78, 5) is 0. The molecule has 0 aliphatic rings. The molecule has 114 valence electrons. The van der Waals surface area contributed by atoms with Gasteiger partial charge >= 0.3 is 0 Å². The molecule has 0 saturated carbocycles. The van der Waals surface area contributed by atoms with Gasteiger partial charge in [-0.1, -0.05) is 57.7 Å². The first-order valence-corrected chi connectivity index (χ1v) is 9.75. The second-order valence-electron chi connectivity index (χ2n) is 3.85. The summed E-state index contributed by atoms with van der Waals surface area (Å²) < 4.78 is 13.6. The first-order chi connectivity index (χ1) is 10.2. The zero-order valence-electron chi connectivity index (χ0n) is 11.9. The molecule has 0 N–H and O–H groups in total.